The van der Waals surface area contributed by atoms with Gasteiger partial charge in [0.2, 0.25) is 0 Å². The fourth-order valence-electron chi connectivity index (χ4n) is 0.0896. The van der Waals surface area contributed by atoms with Gasteiger partial charge in [-0.05, 0) is 6.92 Å². The quantitative estimate of drug-likeness (QED) is 0.555. The van der Waals surface area contributed by atoms with Crippen LogP contribution in [0.5, 0.6) is 0 Å². The summed E-state index contributed by atoms with van der Waals surface area (Å²) in [7, 11) is 0. The molecule has 1 atom stereocenters. The lowest BCUT2D eigenvalue weighted by Crippen LogP contribution is -2.45. The highest BCUT2D eigenvalue weighted by molar-refractivity contribution is 4.79. The van der Waals surface area contributed by atoms with E-state index >= 15 is 0 Å². The zero-order valence-corrected chi connectivity index (χ0v) is 4.74. The van der Waals surface area contributed by atoms with E-state index < -0.39 is 18.4 Å². The van der Waals surface area contributed by atoms with Gasteiger partial charge in [-0.3, -0.25) is 0 Å². The summed E-state index contributed by atoms with van der Waals surface area (Å²) in [4.78, 5) is 0. The highest BCUT2D eigenvalue weighted by atomic mass is 19.4. The van der Waals surface area contributed by atoms with Crippen molar-refractivity contribution in [2.45, 2.75) is 18.7 Å². The number of aliphatic hydroxyl groups excluding tert-OH is 1. The van der Waals surface area contributed by atoms with Crippen LogP contribution in [0.3, 0.4) is 0 Å². The van der Waals surface area contributed by atoms with Gasteiger partial charge in [0.1, 0.15) is 0 Å². The van der Waals surface area contributed by atoms with E-state index in [1.807, 2.05) is 0 Å². The van der Waals surface area contributed by atoms with E-state index in [9.17, 15) is 13.2 Å². The predicted octanol–water partition coefficient (Wildman–Crippen LogP) is 0.292. The van der Waals surface area contributed by atoms with Crippen LogP contribution in [0.1, 0.15) is 6.92 Å². The highest BCUT2D eigenvalue weighted by Gasteiger charge is 2.49. The molecule has 0 amide bonds. The van der Waals surface area contributed by atoms with Crippen molar-refractivity contribution >= 4 is 0 Å². The molecule has 9 heavy (non-hydrogen) atoms. The molecule has 0 saturated heterocycles. The molecule has 5 heteroatoms. The first-order chi connectivity index (χ1) is 3.81. The second-order valence-corrected chi connectivity index (χ2v) is 1.93. The normalized spacial score (nSPS) is 19.3. The molecule has 0 bridgehead atoms. The van der Waals surface area contributed by atoms with Gasteiger partial charge in [0.15, 0.2) is 5.60 Å². The topological polar surface area (TPSA) is 40.5 Å². The average molecular weight is 144 g/mol. The van der Waals surface area contributed by atoms with Crippen LogP contribution in [-0.4, -0.2) is 28.6 Å². The second-order valence-electron chi connectivity index (χ2n) is 1.93. The molecule has 0 radical (unpaired) electrons. The molecule has 0 saturated carbocycles. The maximum atomic E-state index is 11.4. The minimum Gasteiger partial charge on any atom is -0.393 e. The van der Waals surface area contributed by atoms with Crippen molar-refractivity contribution in [3.63, 3.8) is 0 Å². The van der Waals surface area contributed by atoms with E-state index in [1.165, 1.54) is 0 Å². The molecule has 0 aliphatic carbocycles. The lowest BCUT2D eigenvalue weighted by molar-refractivity contribution is -0.263. The molecule has 0 fully saturated rings. The lowest BCUT2D eigenvalue weighted by Gasteiger charge is -2.22. The van der Waals surface area contributed by atoms with Crippen molar-refractivity contribution in [3.8, 4) is 0 Å². The Labute approximate surface area is 49.9 Å². The van der Waals surface area contributed by atoms with Gasteiger partial charge in [0.25, 0.3) is 0 Å². The highest BCUT2D eigenvalue weighted by Crippen LogP contribution is 2.28. The fourth-order valence-corrected chi connectivity index (χ4v) is 0.0896. The zero-order chi connectivity index (χ0) is 7.71. The first kappa shape index (κ1) is 8.71. The number of alkyl halides is 3. The third-order valence-corrected chi connectivity index (χ3v) is 0.919. The Bertz CT molecular complexity index is 96.5. The molecular formula is C4H7F3O2. The van der Waals surface area contributed by atoms with Gasteiger partial charge in [-0.1, -0.05) is 0 Å². The van der Waals surface area contributed by atoms with Gasteiger partial charge in [-0.15, -0.1) is 0 Å². The Morgan fingerprint density at radius 3 is 1.67 bits per heavy atom. The van der Waals surface area contributed by atoms with Crippen molar-refractivity contribution < 1.29 is 23.4 Å². The van der Waals surface area contributed by atoms with Crippen molar-refractivity contribution in [3.05, 3.63) is 0 Å². The van der Waals surface area contributed by atoms with Gasteiger partial charge in [0, 0.05) is 0 Å². The van der Waals surface area contributed by atoms with Gasteiger partial charge in [-0.2, -0.15) is 13.2 Å². The summed E-state index contributed by atoms with van der Waals surface area (Å²) < 4.78 is 34.3. The summed E-state index contributed by atoms with van der Waals surface area (Å²) in [5.74, 6) is 0. The van der Waals surface area contributed by atoms with Gasteiger partial charge in [0.05, 0.1) is 6.61 Å². The molecular weight excluding hydrogens is 137 g/mol. The summed E-state index contributed by atoms with van der Waals surface area (Å²) in [6, 6.07) is 0. The Morgan fingerprint density at radius 1 is 1.33 bits per heavy atom. The summed E-state index contributed by atoms with van der Waals surface area (Å²) in [5.41, 5.74) is -2.97. The molecule has 0 aromatic heterocycles. The Kier molecular flexibility index (Phi) is 2.08. The molecule has 0 aromatic carbocycles. The number of halogens is 3. The molecule has 0 aliphatic rings. The van der Waals surface area contributed by atoms with Crippen LogP contribution in [0.4, 0.5) is 13.2 Å². The zero-order valence-electron chi connectivity index (χ0n) is 4.74. The Morgan fingerprint density at radius 2 is 1.67 bits per heavy atom. The van der Waals surface area contributed by atoms with E-state index in [4.69, 9.17) is 10.2 Å². The lowest BCUT2D eigenvalue weighted by atomic mass is 10.1. The van der Waals surface area contributed by atoms with E-state index in [-0.39, 0.29) is 0 Å². The monoisotopic (exact) mass is 144 g/mol. The van der Waals surface area contributed by atoms with Gasteiger partial charge >= 0.3 is 6.18 Å². The number of rotatable bonds is 1. The second kappa shape index (κ2) is 2.15. The van der Waals surface area contributed by atoms with Crippen LogP contribution in [-0.2, 0) is 0 Å². The molecule has 0 heterocycles. The molecule has 0 spiro atoms. The Balaban J connectivity index is 4.14. The van der Waals surface area contributed by atoms with Crippen LogP contribution in [0.25, 0.3) is 0 Å². The molecule has 0 aliphatic heterocycles. The Hall–Kier alpha value is -0.290. The van der Waals surface area contributed by atoms with Crippen molar-refractivity contribution in [2.24, 2.45) is 0 Å². The van der Waals surface area contributed by atoms with Crippen LogP contribution >= 0.6 is 0 Å². The van der Waals surface area contributed by atoms with E-state index in [2.05, 4.69) is 0 Å². The molecule has 2 nitrogen and oxygen atoms in total. The van der Waals surface area contributed by atoms with Crippen LogP contribution < -0.4 is 0 Å². The minimum absolute atomic E-state index is 0.507. The number of hydrogen-bond acceptors (Lipinski definition) is 2. The molecule has 0 aromatic rings. The molecule has 0 rings (SSSR count). The largest absolute Gasteiger partial charge is 0.419 e. The maximum absolute atomic E-state index is 11.4. The predicted molar refractivity (Wildman–Crippen MR) is 23.8 cm³/mol. The third kappa shape index (κ3) is 1.83. The van der Waals surface area contributed by atoms with Crippen molar-refractivity contribution in [2.75, 3.05) is 6.61 Å². The van der Waals surface area contributed by atoms with Crippen LogP contribution in [0.15, 0.2) is 0 Å². The van der Waals surface area contributed by atoms with Gasteiger partial charge in [-0.25, -0.2) is 0 Å². The SMILES string of the molecule is CC(O)(CO)C(F)(F)F. The first-order valence-corrected chi connectivity index (χ1v) is 2.21. The maximum Gasteiger partial charge on any atom is 0.419 e. The summed E-state index contributed by atoms with van der Waals surface area (Å²) in [6.07, 6.45) is -4.75. The molecule has 1 unspecified atom stereocenters. The smallest absolute Gasteiger partial charge is 0.393 e. The molecule has 2 N–H and O–H groups in total. The van der Waals surface area contributed by atoms with E-state index in [1.54, 1.807) is 0 Å². The van der Waals surface area contributed by atoms with Gasteiger partial charge < -0.3 is 10.2 Å². The third-order valence-electron chi connectivity index (χ3n) is 0.919. The summed E-state index contributed by atoms with van der Waals surface area (Å²) in [5, 5.41) is 16.2. The first-order valence-electron chi connectivity index (χ1n) is 2.21. The van der Waals surface area contributed by atoms with E-state index in [0.29, 0.717) is 6.92 Å². The minimum atomic E-state index is -4.75. The number of aliphatic hydroxyl groups is 2. The van der Waals surface area contributed by atoms with Crippen LogP contribution in [0, 0.1) is 0 Å². The molecule has 56 valence electrons. The summed E-state index contributed by atoms with van der Waals surface area (Å²) >= 11 is 0. The van der Waals surface area contributed by atoms with Crippen molar-refractivity contribution in [1.29, 1.82) is 0 Å². The number of hydrogen-bond donors (Lipinski definition) is 2. The van der Waals surface area contributed by atoms with Crippen LogP contribution in [0.2, 0.25) is 0 Å². The standard InChI is InChI=1S/C4H7F3O2/c1-3(9,2-8)4(5,6)7/h8-9H,2H2,1H3. The van der Waals surface area contributed by atoms with E-state index in [0.717, 1.165) is 0 Å². The fraction of sp³-hybridized carbons (Fsp3) is 1.00. The summed E-state index contributed by atoms with van der Waals surface area (Å²) in [6.45, 7) is -0.802. The van der Waals surface area contributed by atoms with Crippen molar-refractivity contribution in [1.82, 2.24) is 0 Å². The average Bonchev–Trinajstić information content (AvgIpc) is 1.64.